The molecule has 3 N–H and O–H groups in total. The first-order chi connectivity index (χ1) is 11.1. The van der Waals surface area contributed by atoms with Gasteiger partial charge in [-0.05, 0) is 25.1 Å². The number of carbonyl (C=O) groups is 1. The zero-order valence-electron chi connectivity index (χ0n) is 13.8. The SMILES string of the molecule is COCC(N)C(=O)NC(C)c1ccccc1Oc1ccccc1.Cl. The molecule has 2 rings (SSSR count). The summed E-state index contributed by atoms with van der Waals surface area (Å²) in [5.41, 5.74) is 6.63. The average molecular weight is 351 g/mol. The predicted molar refractivity (Wildman–Crippen MR) is 96.6 cm³/mol. The van der Waals surface area contributed by atoms with Crippen LogP contribution in [-0.4, -0.2) is 25.7 Å². The van der Waals surface area contributed by atoms with E-state index in [0.29, 0.717) is 5.75 Å². The standard InChI is InChI=1S/C18H22N2O3.ClH/c1-13(20-18(21)16(19)12-22-2)15-10-6-7-11-17(15)23-14-8-4-3-5-9-14;/h3-11,13,16H,12,19H2,1-2H3,(H,20,21);1H. The molecule has 0 fully saturated rings. The van der Waals surface area contributed by atoms with Crippen molar-refractivity contribution in [2.24, 2.45) is 5.73 Å². The second-order valence-electron chi connectivity index (χ2n) is 5.25. The Labute approximate surface area is 148 Å². The number of nitrogens with one attached hydrogen (secondary N) is 1. The summed E-state index contributed by atoms with van der Waals surface area (Å²) in [6, 6.07) is 16.2. The Kier molecular flexibility index (Phi) is 8.26. The number of nitrogens with two attached hydrogens (primary N) is 1. The molecule has 2 aromatic rings. The van der Waals surface area contributed by atoms with Crippen molar-refractivity contribution in [3.63, 3.8) is 0 Å². The van der Waals surface area contributed by atoms with E-state index in [-0.39, 0.29) is 31.0 Å². The maximum Gasteiger partial charge on any atom is 0.239 e. The molecule has 0 bridgehead atoms. The maximum absolute atomic E-state index is 12.0. The van der Waals surface area contributed by atoms with Crippen LogP contribution in [-0.2, 0) is 9.53 Å². The third kappa shape index (κ3) is 5.53. The largest absolute Gasteiger partial charge is 0.457 e. The van der Waals surface area contributed by atoms with Crippen LogP contribution in [0.15, 0.2) is 54.6 Å². The van der Waals surface area contributed by atoms with Crippen LogP contribution in [0.3, 0.4) is 0 Å². The summed E-state index contributed by atoms with van der Waals surface area (Å²) in [6.45, 7) is 2.07. The Morgan fingerprint density at radius 2 is 1.75 bits per heavy atom. The molecule has 2 unspecified atom stereocenters. The number of rotatable bonds is 7. The van der Waals surface area contributed by atoms with Crippen LogP contribution >= 0.6 is 12.4 Å². The van der Waals surface area contributed by atoms with Gasteiger partial charge in [-0.25, -0.2) is 0 Å². The van der Waals surface area contributed by atoms with Crippen molar-refractivity contribution in [3.8, 4) is 11.5 Å². The van der Waals surface area contributed by atoms with Gasteiger partial charge in [0.1, 0.15) is 17.5 Å². The molecule has 0 aromatic heterocycles. The van der Waals surface area contributed by atoms with E-state index in [9.17, 15) is 4.79 Å². The van der Waals surface area contributed by atoms with Crippen molar-refractivity contribution in [1.29, 1.82) is 0 Å². The zero-order valence-corrected chi connectivity index (χ0v) is 14.6. The third-order valence-corrected chi connectivity index (χ3v) is 3.40. The fourth-order valence-electron chi connectivity index (χ4n) is 2.20. The van der Waals surface area contributed by atoms with Crippen LogP contribution in [0.25, 0.3) is 0 Å². The summed E-state index contributed by atoms with van der Waals surface area (Å²) in [5.74, 6) is 1.19. The van der Waals surface area contributed by atoms with Gasteiger partial charge in [-0.2, -0.15) is 0 Å². The smallest absolute Gasteiger partial charge is 0.239 e. The predicted octanol–water partition coefficient (Wildman–Crippen LogP) is 3.05. The highest BCUT2D eigenvalue weighted by molar-refractivity contribution is 5.85. The summed E-state index contributed by atoms with van der Waals surface area (Å²) in [4.78, 5) is 12.0. The molecule has 0 saturated heterocycles. The second-order valence-corrected chi connectivity index (χ2v) is 5.25. The Bertz CT molecular complexity index is 637. The molecule has 1 amide bonds. The first-order valence-electron chi connectivity index (χ1n) is 7.48. The molecule has 2 atom stereocenters. The lowest BCUT2D eigenvalue weighted by atomic mass is 10.1. The van der Waals surface area contributed by atoms with Crippen LogP contribution in [0.4, 0.5) is 0 Å². The van der Waals surface area contributed by atoms with Crippen molar-refractivity contribution in [2.75, 3.05) is 13.7 Å². The highest BCUT2D eigenvalue weighted by Crippen LogP contribution is 2.29. The van der Waals surface area contributed by atoms with Crippen molar-refractivity contribution in [3.05, 3.63) is 60.2 Å². The van der Waals surface area contributed by atoms with E-state index < -0.39 is 6.04 Å². The minimum atomic E-state index is -0.690. The van der Waals surface area contributed by atoms with Gasteiger partial charge < -0.3 is 20.5 Å². The number of benzene rings is 2. The van der Waals surface area contributed by atoms with E-state index in [1.54, 1.807) is 0 Å². The highest BCUT2D eigenvalue weighted by Gasteiger charge is 2.18. The fraction of sp³-hybridized carbons (Fsp3) is 0.278. The van der Waals surface area contributed by atoms with Crippen molar-refractivity contribution in [1.82, 2.24) is 5.32 Å². The number of para-hydroxylation sites is 2. The van der Waals surface area contributed by atoms with Gasteiger partial charge in [0.15, 0.2) is 0 Å². The molecule has 0 spiro atoms. The lowest BCUT2D eigenvalue weighted by Gasteiger charge is -2.20. The Morgan fingerprint density at radius 3 is 2.42 bits per heavy atom. The summed E-state index contributed by atoms with van der Waals surface area (Å²) >= 11 is 0. The molecule has 24 heavy (non-hydrogen) atoms. The Balaban J connectivity index is 0.00000288. The number of amides is 1. The molecular weight excluding hydrogens is 328 g/mol. The Hall–Kier alpha value is -2.08. The van der Waals surface area contributed by atoms with Gasteiger partial charge in [0, 0.05) is 12.7 Å². The van der Waals surface area contributed by atoms with E-state index >= 15 is 0 Å². The quantitative estimate of drug-likeness (QED) is 0.805. The normalized spacial score (nSPS) is 12.6. The molecule has 6 heteroatoms. The minimum Gasteiger partial charge on any atom is -0.457 e. The lowest BCUT2D eigenvalue weighted by molar-refractivity contribution is -0.124. The fourth-order valence-corrected chi connectivity index (χ4v) is 2.20. The van der Waals surface area contributed by atoms with Crippen LogP contribution in [0.1, 0.15) is 18.5 Å². The summed E-state index contributed by atoms with van der Waals surface area (Å²) in [7, 11) is 1.51. The number of hydrogen-bond acceptors (Lipinski definition) is 4. The van der Waals surface area contributed by atoms with E-state index in [1.165, 1.54) is 7.11 Å². The number of carbonyl (C=O) groups excluding carboxylic acids is 1. The van der Waals surface area contributed by atoms with Gasteiger partial charge >= 0.3 is 0 Å². The molecule has 0 aliphatic carbocycles. The van der Waals surface area contributed by atoms with Crippen LogP contribution < -0.4 is 15.8 Å². The van der Waals surface area contributed by atoms with E-state index in [4.69, 9.17) is 15.2 Å². The number of hydrogen-bond donors (Lipinski definition) is 2. The molecule has 0 saturated carbocycles. The molecule has 2 aromatic carbocycles. The van der Waals surface area contributed by atoms with Gasteiger partial charge in [0.2, 0.25) is 5.91 Å². The molecule has 130 valence electrons. The number of halogens is 1. The topological polar surface area (TPSA) is 73.6 Å². The van der Waals surface area contributed by atoms with Gasteiger partial charge in [-0.3, -0.25) is 4.79 Å². The van der Waals surface area contributed by atoms with E-state index in [0.717, 1.165) is 11.3 Å². The zero-order chi connectivity index (χ0) is 16.7. The summed E-state index contributed by atoms with van der Waals surface area (Å²) < 4.78 is 10.8. The van der Waals surface area contributed by atoms with Gasteiger partial charge in [-0.1, -0.05) is 36.4 Å². The van der Waals surface area contributed by atoms with Crippen molar-refractivity contribution < 1.29 is 14.3 Å². The minimum absolute atomic E-state index is 0. The van der Waals surface area contributed by atoms with Gasteiger partial charge in [0.05, 0.1) is 12.6 Å². The van der Waals surface area contributed by atoms with Crippen LogP contribution in [0.2, 0.25) is 0 Å². The van der Waals surface area contributed by atoms with Gasteiger partial charge in [0.25, 0.3) is 0 Å². The Morgan fingerprint density at radius 1 is 1.12 bits per heavy atom. The van der Waals surface area contributed by atoms with Crippen molar-refractivity contribution in [2.45, 2.75) is 19.0 Å². The van der Waals surface area contributed by atoms with E-state index in [2.05, 4.69) is 5.32 Å². The average Bonchev–Trinajstić information content (AvgIpc) is 2.56. The maximum atomic E-state index is 12.0. The summed E-state index contributed by atoms with van der Waals surface area (Å²) in [6.07, 6.45) is 0. The molecule has 0 radical (unpaired) electrons. The lowest BCUT2D eigenvalue weighted by Crippen LogP contribution is -2.44. The summed E-state index contributed by atoms with van der Waals surface area (Å²) in [5, 5.41) is 2.88. The second kappa shape index (κ2) is 9.93. The molecule has 5 nitrogen and oxygen atoms in total. The first-order valence-corrected chi connectivity index (χ1v) is 7.48. The molecule has 0 heterocycles. The molecule has 0 aliphatic heterocycles. The highest BCUT2D eigenvalue weighted by atomic mass is 35.5. The molecular formula is C18H23ClN2O3. The van der Waals surface area contributed by atoms with Crippen molar-refractivity contribution >= 4 is 18.3 Å². The van der Waals surface area contributed by atoms with E-state index in [1.807, 2.05) is 61.5 Å². The third-order valence-electron chi connectivity index (χ3n) is 3.40. The van der Waals surface area contributed by atoms with Gasteiger partial charge in [-0.15, -0.1) is 12.4 Å². The van der Waals surface area contributed by atoms with Crippen LogP contribution in [0, 0.1) is 0 Å². The van der Waals surface area contributed by atoms with Crippen LogP contribution in [0.5, 0.6) is 11.5 Å². The molecule has 0 aliphatic rings. The monoisotopic (exact) mass is 350 g/mol. The first kappa shape index (κ1) is 20.0. The number of methoxy groups -OCH3 is 1. The number of ether oxygens (including phenoxy) is 2.